The van der Waals surface area contributed by atoms with Crippen LogP contribution in [-0.4, -0.2) is 33.4 Å². The van der Waals surface area contributed by atoms with Crippen molar-refractivity contribution in [2.75, 3.05) is 27.1 Å². The number of benzene rings is 1. The van der Waals surface area contributed by atoms with Crippen LogP contribution in [0.3, 0.4) is 0 Å². The van der Waals surface area contributed by atoms with Gasteiger partial charge in [-0.3, -0.25) is 4.79 Å². The van der Waals surface area contributed by atoms with Gasteiger partial charge in [0.2, 0.25) is 6.79 Å². The summed E-state index contributed by atoms with van der Waals surface area (Å²) < 4.78 is 20.8. The monoisotopic (exact) mass is 238 g/mol. The molecule has 5 heteroatoms. The van der Waals surface area contributed by atoms with Crippen molar-refractivity contribution in [1.82, 2.24) is 0 Å². The Morgan fingerprint density at radius 2 is 2.06 bits per heavy atom. The van der Waals surface area contributed by atoms with Crippen LogP contribution in [0.15, 0.2) is 12.1 Å². The van der Waals surface area contributed by atoms with Crippen molar-refractivity contribution in [2.24, 2.45) is 0 Å². The van der Waals surface area contributed by atoms with E-state index in [1.807, 2.05) is 0 Å². The van der Waals surface area contributed by atoms with E-state index in [2.05, 4.69) is 0 Å². The minimum absolute atomic E-state index is 0.181. The highest BCUT2D eigenvalue weighted by Crippen LogP contribution is 2.37. The van der Waals surface area contributed by atoms with Crippen LogP contribution >= 0.6 is 0 Å². The van der Waals surface area contributed by atoms with Gasteiger partial charge in [-0.05, 0) is 6.07 Å². The molecule has 0 saturated carbocycles. The Labute approximate surface area is 99.2 Å². The summed E-state index contributed by atoms with van der Waals surface area (Å²) in [6.07, 6.45) is 1.51. The van der Waals surface area contributed by atoms with Gasteiger partial charge in [0.15, 0.2) is 17.8 Å². The number of methoxy groups -OCH3 is 1. The topological polar surface area (TPSA) is 54.0 Å². The van der Waals surface area contributed by atoms with Crippen molar-refractivity contribution < 1.29 is 23.7 Å². The minimum Gasteiger partial charge on any atom is -0.493 e. The SMILES string of the molecule is COCCCOc1cc2c(cc1C=O)OCO2. The zero-order chi connectivity index (χ0) is 12.1. The van der Waals surface area contributed by atoms with Crippen LogP contribution in [0.2, 0.25) is 0 Å². The summed E-state index contributed by atoms with van der Waals surface area (Å²) in [6.45, 7) is 1.30. The molecule has 1 heterocycles. The van der Waals surface area contributed by atoms with E-state index in [4.69, 9.17) is 18.9 Å². The Bertz CT molecular complexity index is 402. The van der Waals surface area contributed by atoms with E-state index in [-0.39, 0.29) is 6.79 Å². The lowest BCUT2D eigenvalue weighted by atomic mass is 10.2. The second kappa shape index (κ2) is 5.54. The molecule has 0 saturated heterocycles. The Balaban J connectivity index is 2.07. The minimum atomic E-state index is 0.181. The molecule has 1 aliphatic heterocycles. The van der Waals surface area contributed by atoms with Gasteiger partial charge in [0, 0.05) is 26.2 Å². The highest BCUT2D eigenvalue weighted by molar-refractivity contribution is 5.81. The van der Waals surface area contributed by atoms with Crippen molar-refractivity contribution >= 4 is 6.29 Å². The van der Waals surface area contributed by atoms with Crippen LogP contribution in [0, 0.1) is 0 Å². The average molecular weight is 238 g/mol. The number of ether oxygens (including phenoxy) is 4. The van der Waals surface area contributed by atoms with Crippen molar-refractivity contribution in [3.63, 3.8) is 0 Å². The lowest BCUT2D eigenvalue weighted by Crippen LogP contribution is -2.03. The molecular weight excluding hydrogens is 224 g/mol. The predicted octanol–water partition coefficient (Wildman–Crippen LogP) is 1.64. The third-order valence-corrected chi connectivity index (χ3v) is 2.38. The fourth-order valence-corrected chi connectivity index (χ4v) is 1.54. The molecule has 0 unspecified atom stereocenters. The molecule has 0 atom stereocenters. The van der Waals surface area contributed by atoms with Gasteiger partial charge in [-0.1, -0.05) is 0 Å². The molecule has 1 aromatic carbocycles. The number of hydrogen-bond donors (Lipinski definition) is 0. The molecule has 1 aromatic rings. The van der Waals surface area contributed by atoms with E-state index in [0.29, 0.717) is 36.0 Å². The molecule has 0 bridgehead atoms. The average Bonchev–Trinajstić information content (AvgIpc) is 2.80. The summed E-state index contributed by atoms with van der Waals surface area (Å²) in [5.74, 6) is 1.70. The van der Waals surface area contributed by atoms with E-state index in [0.717, 1.165) is 12.7 Å². The summed E-state index contributed by atoms with van der Waals surface area (Å²) in [6, 6.07) is 3.31. The van der Waals surface area contributed by atoms with Crippen LogP contribution in [0.4, 0.5) is 0 Å². The summed E-state index contributed by atoms with van der Waals surface area (Å²) in [5.41, 5.74) is 0.465. The van der Waals surface area contributed by atoms with Crippen molar-refractivity contribution in [3.05, 3.63) is 17.7 Å². The van der Waals surface area contributed by atoms with Gasteiger partial charge in [-0.2, -0.15) is 0 Å². The Morgan fingerprint density at radius 3 is 2.76 bits per heavy atom. The quantitative estimate of drug-likeness (QED) is 0.557. The largest absolute Gasteiger partial charge is 0.493 e. The highest BCUT2D eigenvalue weighted by atomic mass is 16.7. The second-order valence-electron chi connectivity index (χ2n) is 3.56. The van der Waals surface area contributed by atoms with Gasteiger partial charge in [0.1, 0.15) is 5.75 Å². The van der Waals surface area contributed by atoms with Gasteiger partial charge in [0.25, 0.3) is 0 Å². The highest BCUT2D eigenvalue weighted by Gasteiger charge is 2.17. The van der Waals surface area contributed by atoms with Crippen LogP contribution in [0.1, 0.15) is 16.8 Å². The third kappa shape index (κ3) is 2.68. The number of carbonyl (C=O) groups is 1. The standard InChI is InChI=1S/C12H14O5/c1-14-3-2-4-15-10-6-12-11(16-8-17-12)5-9(10)7-13/h5-7H,2-4,8H2,1H3. The summed E-state index contributed by atoms with van der Waals surface area (Å²) >= 11 is 0. The molecule has 5 nitrogen and oxygen atoms in total. The summed E-state index contributed by atoms with van der Waals surface area (Å²) in [5, 5.41) is 0. The molecule has 0 N–H and O–H groups in total. The maximum Gasteiger partial charge on any atom is 0.231 e. The van der Waals surface area contributed by atoms with Crippen LogP contribution in [-0.2, 0) is 4.74 Å². The smallest absolute Gasteiger partial charge is 0.231 e. The number of aldehydes is 1. The van der Waals surface area contributed by atoms with Crippen LogP contribution < -0.4 is 14.2 Å². The van der Waals surface area contributed by atoms with Crippen molar-refractivity contribution in [3.8, 4) is 17.2 Å². The first kappa shape index (κ1) is 11.7. The molecule has 0 spiro atoms. The van der Waals surface area contributed by atoms with Gasteiger partial charge < -0.3 is 18.9 Å². The first-order valence-electron chi connectivity index (χ1n) is 5.35. The molecule has 92 valence electrons. The molecule has 0 fully saturated rings. The van der Waals surface area contributed by atoms with Gasteiger partial charge in [-0.25, -0.2) is 0 Å². The first-order chi connectivity index (χ1) is 8.35. The van der Waals surface area contributed by atoms with E-state index >= 15 is 0 Å². The molecule has 0 radical (unpaired) electrons. The fourth-order valence-electron chi connectivity index (χ4n) is 1.54. The molecule has 0 aliphatic carbocycles. The number of fused-ring (bicyclic) bond motifs is 1. The third-order valence-electron chi connectivity index (χ3n) is 2.38. The van der Waals surface area contributed by atoms with Gasteiger partial charge in [-0.15, -0.1) is 0 Å². The van der Waals surface area contributed by atoms with E-state index in [1.165, 1.54) is 0 Å². The molecule has 0 aromatic heterocycles. The van der Waals surface area contributed by atoms with Crippen LogP contribution in [0.25, 0.3) is 0 Å². The predicted molar refractivity (Wildman–Crippen MR) is 59.9 cm³/mol. The van der Waals surface area contributed by atoms with Gasteiger partial charge in [0.05, 0.1) is 12.2 Å². The number of rotatable bonds is 6. The normalized spacial score (nSPS) is 12.5. The fraction of sp³-hybridized carbons (Fsp3) is 0.417. The lowest BCUT2D eigenvalue weighted by Gasteiger charge is -2.09. The second-order valence-corrected chi connectivity index (χ2v) is 3.56. The Kier molecular flexibility index (Phi) is 3.82. The Morgan fingerprint density at radius 1 is 1.29 bits per heavy atom. The zero-order valence-electron chi connectivity index (χ0n) is 9.60. The van der Waals surface area contributed by atoms with E-state index in [1.54, 1.807) is 19.2 Å². The Hall–Kier alpha value is -1.75. The van der Waals surface area contributed by atoms with Crippen molar-refractivity contribution in [1.29, 1.82) is 0 Å². The molecule has 17 heavy (non-hydrogen) atoms. The summed E-state index contributed by atoms with van der Waals surface area (Å²) in [7, 11) is 1.64. The van der Waals surface area contributed by atoms with E-state index < -0.39 is 0 Å². The molecule has 0 amide bonds. The van der Waals surface area contributed by atoms with E-state index in [9.17, 15) is 4.79 Å². The number of hydrogen-bond acceptors (Lipinski definition) is 5. The molecule has 2 rings (SSSR count). The molecule has 1 aliphatic rings. The van der Waals surface area contributed by atoms with Crippen molar-refractivity contribution in [2.45, 2.75) is 6.42 Å². The maximum absolute atomic E-state index is 10.9. The first-order valence-corrected chi connectivity index (χ1v) is 5.35. The zero-order valence-corrected chi connectivity index (χ0v) is 9.60. The van der Waals surface area contributed by atoms with Crippen LogP contribution in [0.5, 0.6) is 17.2 Å². The summed E-state index contributed by atoms with van der Waals surface area (Å²) in [4.78, 5) is 10.9. The lowest BCUT2D eigenvalue weighted by molar-refractivity contribution is 0.111. The van der Waals surface area contributed by atoms with Gasteiger partial charge >= 0.3 is 0 Å². The number of carbonyl (C=O) groups excluding carboxylic acids is 1. The molecular formula is C12H14O5. The maximum atomic E-state index is 10.9.